The highest BCUT2D eigenvalue weighted by Crippen LogP contribution is 2.35. The molecule has 0 saturated carbocycles. The summed E-state index contributed by atoms with van der Waals surface area (Å²) in [6, 6.07) is 6.33. The summed E-state index contributed by atoms with van der Waals surface area (Å²) in [6.45, 7) is 0.760. The van der Waals surface area contributed by atoms with Crippen LogP contribution in [0.5, 0.6) is 5.75 Å². The van der Waals surface area contributed by atoms with E-state index in [0.717, 1.165) is 17.0 Å². The van der Waals surface area contributed by atoms with Crippen molar-refractivity contribution in [1.82, 2.24) is 10.6 Å². The minimum absolute atomic E-state index is 0.0758. The van der Waals surface area contributed by atoms with Crippen LogP contribution in [0.4, 0.5) is 31.3 Å². The van der Waals surface area contributed by atoms with Crippen LogP contribution < -0.4 is 20.7 Å². The van der Waals surface area contributed by atoms with E-state index in [1.54, 1.807) is 5.32 Å². The van der Waals surface area contributed by atoms with Crippen LogP contribution >= 0.6 is 22.9 Å². The minimum atomic E-state index is -5.08. The molecule has 1 aromatic carbocycles. The molecule has 206 valence electrons. The first-order valence-corrected chi connectivity index (χ1v) is 11.5. The molecule has 2 heterocycles. The summed E-state index contributed by atoms with van der Waals surface area (Å²) in [4.78, 5) is 33.4. The summed E-state index contributed by atoms with van der Waals surface area (Å²) in [7, 11) is 0. The van der Waals surface area contributed by atoms with Gasteiger partial charge in [-0.25, -0.2) is 4.79 Å². The van der Waals surface area contributed by atoms with Gasteiger partial charge in [0.15, 0.2) is 0 Å². The van der Waals surface area contributed by atoms with E-state index in [2.05, 4.69) is 16.7 Å². The molecule has 0 saturated heterocycles. The molecule has 0 radical (unpaired) electrons. The molecule has 2 amide bonds. The maximum Gasteiger partial charge on any atom is 0.490 e. The Kier molecular flexibility index (Phi) is 10.3. The van der Waals surface area contributed by atoms with Crippen LogP contribution in [0.2, 0.25) is 5.02 Å². The average molecular weight is 587 g/mol. The van der Waals surface area contributed by atoms with E-state index < -0.39 is 30.1 Å². The third-order valence-electron chi connectivity index (χ3n) is 4.61. The lowest BCUT2D eigenvalue weighted by Crippen LogP contribution is -2.38. The Balaban J connectivity index is 0.000000638. The fourth-order valence-corrected chi connectivity index (χ4v) is 4.28. The van der Waals surface area contributed by atoms with Gasteiger partial charge in [0.1, 0.15) is 23.4 Å². The Morgan fingerprint density at radius 3 is 2.42 bits per heavy atom. The highest BCUT2D eigenvalue weighted by atomic mass is 35.5. The number of nitrogens with one attached hydrogen (secondary N) is 3. The number of halogens is 7. The number of ether oxygens (including phenoxy) is 1. The number of amides is 2. The Hall–Kier alpha value is -3.55. The highest BCUT2D eigenvalue weighted by molar-refractivity contribution is 7.16. The van der Waals surface area contributed by atoms with E-state index in [0.29, 0.717) is 23.5 Å². The van der Waals surface area contributed by atoms with Crippen LogP contribution in [-0.4, -0.2) is 54.9 Å². The van der Waals surface area contributed by atoms with E-state index in [1.807, 2.05) is 0 Å². The first kappa shape index (κ1) is 30.7. The summed E-state index contributed by atoms with van der Waals surface area (Å²) < 4.78 is 73.5. The summed E-state index contributed by atoms with van der Waals surface area (Å²) in [5.74, 6) is -5.18. The second-order valence-electron chi connectivity index (χ2n) is 7.25. The molecule has 3 rings (SSSR count). The number of nitrogens with zero attached hydrogens (tertiary/aromatic N) is 1. The van der Waals surface area contributed by atoms with Gasteiger partial charge in [0.2, 0.25) is 0 Å². The van der Waals surface area contributed by atoms with Gasteiger partial charge >= 0.3 is 24.2 Å². The number of anilines is 1. The SMILES string of the molecule is N#Cc1c(NC(=O)c2cc(OCCNC(=O)C(F)(F)F)ccc2Cl)sc2c1CCNC2.O=C(O)C(F)(F)F. The maximum atomic E-state index is 12.7. The molecule has 0 unspecified atom stereocenters. The largest absolute Gasteiger partial charge is 0.492 e. The average Bonchev–Trinajstić information content (AvgIpc) is 3.18. The van der Waals surface area contributed by atoms with Gasteiger partial charge in [0, 0.05) is 11.4 Å². The number of rotatable bonds is 6. The van der Waals surface area contributed by atoms with Crippen LogP contribution in [0.25, 0.3) is 0 Å². The Labute approximate surface area is 219 Å². The van der Waals surface area contributed by atoms with Gasteiger partial charge in [-0.2, -0.15) is 31.6 Å². The minimum Gasteiger partial charge on any atom is -0.492 e. The standard InChI is InChI=1S/C19H16ClF3N4O3S.C2HF3O2/c20-14-2-1-10(30-6-5-26-18(29)19(21,22)23)7-12(14)16(28)27-17-13(8-24)11-3-4-25-9-15(11)31-17;3-2(4,5)1(6)7/h1-2,7,25H,3-6,9H2,(H,26,29)(H,27,28);(H,6,7). The van der Waals surface area contributed by atoms with Crippen molar-refractivity contribution < 1.29 is 50.6 Å². The smallest absolute Gasteiger partial charge is 0.490 e. The fourth-order valence-electron chi connectivity index (χ4n) is 2.91. The Morgan fingerprint density at radius 1 is 1.18 bits per heavy atom. The van der Waals surface area contributed by atoms with Gasteiger partial charge in [0.05, 0.1) is 22.7 Å². The second-order valence-corrected chi connectivity index (χ2v) is 8.76. The molecule has 4 N–H and O–H groups in total. The summed E-state index contributed by atoms with van der Waals surface area (Å²) in [5.41, 5.74) is 1.43. The molecule has 0 fully saturated rings. The van der Waals surface area contributed by atoms with E-state index in [4.69, 9.17) is 26.2 Å². The summed E-state index contributed by atoms with van der Waals surface area (Å²) >= 11 is 7.43. The number of carboxylic acids is 1. The van der Waals surface area contributed by atoms with Gasteiger partial charge < -0.3 is 25.8 Å². The monoisotopic (exact) mass is 586 g/mol. The molecular formula is C21H17ClF6N4O5S. The molecule has 1 aromatic heterocycles. The Bertz CT molecular complexity index is 1240. The predicted octanol–water partition coefficient (Wildman–Crippen LogP) is 3.86. The molecule has 38 heavy (non-hydrogen) atoms. The molecule has 0 atom stereocenters. The number of benzene rings is 1. The van der Waals surface area contributed by atoms with E-state index in [9.17, 15) is 41.2 Å². The van der Waals surface area contributed by atoms with Gasteiger partial charge in [-0.15, -0.1) is 11.3 Å². The highest BCUT2D eigenvalue weighted by Gasteiger charge is 2.38. The van der Waals surface area contributed by atoms with E-state index >= 15 is 0 Å². The maximum absolute atomic E-state index is 12.7. The number of carbonyl (C=O) groups is 3. The number of fused-ring (bicyclic) bond motifs is 1. The van der Waals surface area contributed by atoms with Crippen LogP contribution in [0.3, 0.4) is 0 Å². The number of nitriles is 1. The first-order chi connectivity index (χ1) is 17.6. The van der Waals surface area contributed by atoms with Crippen LogP contribution in [-0.2, 0) is 22.6 Å². The summed E-state index contributed by atoms with van der Waals surface area (Å²) in [6.07, 6.45) is -9.36. The zero-order valence-corrected chi connectivity index (χ0v) is 20.4. The number of thiophene rings is 1. The van der Waals surface area contributed by atoms with Gasteiger partial charge in [-0.05, 0) is 36.7 Å². The lowest BCUT2D eigenvalue weighted by molar-refractivity contribution is -0.192. The Morgan fingerprint density at radius 2 is 1.84 bits per heavy atom. The number of carboxylic acid groups (broad SMARTS) is 1. The van der Waals surface area contributed by atoms with E-state index in [-0.39, 0.29) is 29.5 Å². The van der Waals surface area contributed by atoms with Crippen molar-refractivity contribution in [1.29, 1.82) is 5.26 Å². The molecule has 0 aliphatic carbocycles. The van der Waals surface area contributed by atoms with Crippen molar-refractivity contribution in [3.05, 3.63) is 44.8 Å². The number of hydrogen-bond acceptors (Lipinski definition) is 7. The summed E-state index contributed by atoms with van der Waals surface area (Å²) in [5, 5.41) is 24.8. The first-order valence-electron chi connectivity index (χ1n) is 10.3. The zero-order valence-electron chi connectivity index (χ0n) is 18.8. The number of aliphatic carboxylic acids is 1. The lowest BCUT2D eigenvalue weighted by Gasteiger charge is -2.12. The van der Waals surface area contributed by atoms with Crippen molar-refractivity contribution in [2.45, 2.75) is 25.3 Å². The number of carbonyl (C=O) groups excluding carboxylic acids is 2. The second kappa shape index (κ2) is 12.8. The topological polar surface area (TPSA) is 141 Å². The normalized spacial score (nSPS) is 12.8. The molecule has 1 aliphatic heterocycles. The number of alkyl halides is 6. The van der Waals surface area contributed by atoms with Crippen LogP contribution in [0.1, 0.15) is 26.4 Å². The lowest BCUT2D eigenvalue weighted by atomic mass is 10.0. The third-order valence-corrected chi connectivity index (χ3v) is 6.08. The molecule has 0 bridgehead atoms. The molecule has 0 spiro atoms. The van der Waals surface area contributed by atoms with Crippen LogP contribution in [0.15, 0.2) is 18.2 Å². The molecule has 17 heteroatoms. The third kappa shape index (κ3) is 8.50. The quantitative estimate of drug-likeness (QED) is 0.298. The van der Waals surface area contributed by atoms with Crippen molar-refractivity contribution in [3.8, 4) is 11.8 Å². The van der Waals surface area contributed by atoms with E-state index in [1.165, 1.54) is 29.5 Å². The van der Waals surface area contributed by atoms with Gasteiger partial charge in [-0.3, -0.25) is 9.59 Å². The fraction of sp³-hybridized carbons (Fsp3) is 0.333. The van der Waals surface area contributed by atoms with Crippen molar-refractivity contribution in [2.75, 3.05) is 25.0 Å². The van der Waals surface area contributed by atoms with Crippen LogP contribution in [0, 0.1) is 11.3 Å². The molecular weight excluding hydrogens is 570 g/mol. The number of hydrogen-bond donors (Lipinski definition) is 4. The molecule has 1 aliphatic rings. The zero-order chi connectivity index (χ0) is 28.7. The molecule has 2 aromatic rings. The molecule has 9 nitrogen and oxygen atoms in total. The van der Waals surface area contributed by atoms with Gasteiger partial charge in [-0.1, -0.05) is 11.6 Å². The predicted molar refractivity (Wildman–Crippen MR) is 122 cm³/mol. The van der Waals surface area contributed by atoms with Crippen molar-refractivity contribution in [2.24, 2.45) is 0 Å². The van der Waals surface area contributed by atoms with Crippen molar-refractivity contribution in [3.63, 3.8) is 0 Å². The van der Waals surface area contributed by atoms with Gasteiger partial charge in [0.25, 0.3) is 5.91 Å². The van der Waals surface area contributed by atoms with Crippen molar-refractivity contribution >= 4 is 45.7 Å².